The number of carbonyl (C=O) groups excluding carboxylic acids is 1. The van der Waals surface area contributed by atoms with Gasteiger partial charge in [0, 0.05) is 52.3 Å². The molecule has 47 heavy (non-hydrogen) atoms. The lowest BCUT2D eigenvalue weighted by atomic mass is 9.98. The first kappa shape index (κ1) is 30.8. The molecule has 1 atom stereocenters. The molecule has 0 aliphatic carbocycles. The topological polar surface area (TPSA) is 102 Å². The Hall–Kier alpha value is -4.85. The zero-order valence-electron chi connectivity index (χ0n) is 25.6. The molecule has 5 heterocycles. The number of aromatic nitrogens is 5. The van der Waals surface area contributed by atoms with E-state index < -0.39 is 23.7 Å². The number of alkyl halides is 3. The minimum atomic E-state index is -4.64. The van der Waals surface area contributed by atoms with E-state index in [2.05, 4.69) is 26.2 Å². The summed E-state index contributed by atoms with van der Waals surface area (Å²) in [5.74, 6) is -0.163. The lowest BCUT2D eigenvalue weighted by Gasteiger charge is -2.35. The van der Waals surface area contributed by atoms with Crippen molar-refractivity contribution >= 4 is 33.1 Å². The zero-order chi connectivity index (χ0) is 33.2. The van der Waals surface area contributed by atoms with Crippen LogP contribution in [0.4, 0.5) is 13.2 Å². The van der Waals surface area contributed by atoms with E-state index >= 15 is 0 Å². The fourth-order valence-corrected chi connectivity index (χ4v) is 6.82. The van der Waals surface area contributed by atoms with Crippen LogP contribution in [0.25, 0.3) is 17.0 Å². The lowest BCUT2D eigenvalue weighted by Crippen LogP contribution is -2.46. The first-order valence-corrected chi connectivity index (χ1v) is 15.7. The van der Waals surface area contributed by atoms with Crippen molar-refractivity contribution in [3.05, 3.63) is 121 Å². The monoisotopic (exact) mass is 704 g/mol. The van der Waals surface area contributed by atoms with Crippen molar-refractivity contribution in [2.75, 3.05) is 6.54 Å². The Morgan fingerprint density at radius 3 is 2.57 bits per heavy atom. The SMILES string of the molecule is CC1=C(c2cc(-n3c(=O)c4c(n5ncc(Cc6ccccc6)c35)CN(C(=O)c3ccc(Br)c(C(F)(F)F)c3)[C@H](C)C4)nn2C)CN=N1. The molecule has 1 amide bonds. The molecule has 0 spiro atoms. The minimum Gasteiger partial charge on any atom is -0.330 e. The first-order valence-electron chi connectivity index (χ1n) is 14.9. The number of fused-ring (bicyclic) bond motifs is 3. The second-order valence-electron chi connectivity index (χ2n) is 11.8. The molecule has 0 fully saturated rings. The Morgan fingerprint density at radius 1 is 1.11 bits per heavy atom. The molecule has 0 saturated heterocycles. The number of hydrogen-bond donors (Lipinski definition) is 0. The zero-order valence-corrected chi connectivity index (χ0v) is 27.2. The van der Waals surface area contributed by atoms with E-state index in [1.165, 1.54) is 17.0 Å². The molecule has 3 aromatic heterocycles. The van der Waals surface area contributed by atoms with Crippen LogP contribution in [0.2, 0.25) is 0 Å². The Balaban J connectivity index is 1.38. The molecule has 10 nitrogen and oxygen atoms in total. The predicted octanol–water partition coefficient (Wildman–Crippen LogP) is 6.37. The van der Waals surface area contributed by atoms with E-state index in [1.54, 1.807) is 33.9 Å². The Bertz CT molecular complexity index is 2200. The Kier molecular flexibility index (Phi) is 7.49. The number of hydrogen-bond acceptors (Lipinski definition) is 6. The maximum Gasteiger partial charge on any atom is 0.417 e. The van der Waals surface area contributed by atoms with Crippen LogP contribution in [-0.2, 0) is 32.6 Å². The van der Waals surface area contributed by atoms with Crippen molar-refractivity contribution in [3.8, 4) is 5.82 Å². The first-order chi connectivity index (χ1) is 22.4. The highest BCUT2D eigenvalue weighted by Gasteiger charge is 2.37. The van der Waals surface area contributed by atoms with Crippen molar-refractivity contribution < 1.29 is 18.0 Å². The Labute approximate surface area is 275 Å². The minimum absolute atomic E-state index is 0.0195. The summed E-state index contributed by atoms with van der Waals surface area (Å²) in [4.78, 5) is 29.8. The van der Waals surface area contributed by atoms with Gasteiger partial charge in [-0.2, -0.15) is 33.6 Å². The molecule has 14 heteroatoms. The summed E-state index contributed by atoms with van der Waals surface area (Å²) in [6.07, 6.45) is -2.28. The molecule has 2 aromatic carbocycles. The van der Waals surface area contributed by atoms with E-state index in [-0.39, 0.29) is 28.6 Å². The second kappa shape index (κ2) is 11.4. The van der Waals surface area contributed by atoms with E-state index in [4.69, 9.17) is 10.2 Å². The number of azo groups is 1. The Morgan fingerprint density at radius 2 is 1.87 bits per heavy atom. The smallest absolute Gasteiger partial charge is 0.330 e. The number of halogens is 4. The molecule has 2 aliphatic rings. The van der Waals surface area contributed by atoms with Gasteiger partial charge in [-0.25, -0.2) is 9.08 Å². The number of carbonyl (C=O) groups is 1. The van der Waals surface area contributed by atoms with Crippen LogP contribution in [0.1, 0.15) is 57.8 Å². The standard InChI is InChI=1S/C33H28BrF3N8O2/c1-18-11-23-28(17-43(18)31(46)21-9-10-26(34)25(13-21)33(35,36)37)45-30(22(15-39-45)12-20-7-5-4-6-8-20)44(32(23)47)29-14-27(42(3)41-29)24-16-38-40-19(24)2/h4-10,13-15,18H,11-12,16-17H2,1-3H3/t18-/m1/s1. The summed E-state index contributed by atoms with van der Waals surface area (Å²) in [5, 5.41) is 17.7. The van der Waals surface area contributed by atoms with E-state index in [0.717, 1.165) is 34.2 Å². The van der Waals surface area contributed by atoms with Crippen LogP contribution in [0, 0.1) is 0 Å². The molecule has 0 saturated carbocycles. The predicted molar refractivity (Wildman–Crippen MR) is 171 cm³/mol. The van der Waals surface area contributed by atoms with Crippen molar-refractivity contribution in [1.29, 1.82) is 0 Å². The molecule has 2 aliphatic heterocycles. The van der Waals surface area contributed by atoms with Crippen LogP contribution in [-0.4, -0.2) is 47.4 Å². The number of nitrogens with zero attached hydrogens (tertiary/aromatic N) is 8. The molecule has 0 radical (unpaired) electrons. The highest BCUT2D eigenvalue weighted by molar-refractivity contribution is 9.10. The number of aryl methyl sites for hydroxylation is 1. The fourth-order valence-electron chi connectivity index (χ4n) is 6.35. The lowest BCUT2D eigenvalue weighted by molar-refractivity contribution is -0.138. The van der Waals surface area contributed by atoms with Crippen LogP contribution in [0.15, 0.2) is 86.0 Å². The molecule has 0 N–H and O–H groups in total. The second-order valence-corrected chi connectivity index (χ2v) is 12.6. The highest BCUT2D eigenvalue weighted by atomic mass is 79.9. The third kappa shape index (κ3) is 5.29. The number of amides is 1. The molecular formula is C33H28BrF3N8O2. The molecule has 7 rings (SSSR count). The van der Waals surface area contributed by atoms with Gasteiger partial charge in [-0.1, -0.05) is 46.3 Å². The summed E-state index contributed by atoms with van der Waals surface area (Å²) >= 11 is 2.95. The van der Waals surface area contributed by atoms with Gasteiger partial charge in [0.2, 0.25) is 0 Å². The number of benzene rings is 2. The van der Waals surface area contributed by atoms with Crippen molar-refractivity contribution in [2.45, 2.75) is 45.5 Å². The number of allylic oxidation sites excluding steroid dienone is 1. The summed E-state index contributed by atoms with van der Waals surface area (Å²) in [6, 6.07) is 14.6. The van der Waals surface area contributed by atoms with Crippen molar-refractivity contribution in [1.82, 2.24) is 28.9 Å². The van der Waals surface area contributed by atoms with E-state index in [9.17, 15) is 22.8 Å². The van der Waals surface area contributed by atoms with Gasteiger partial charge in [-0.3, -0.25) is 14.3 Å². The average molecular weight is 706 g/mol. The van der Waals surface area contributed by atoms with Gasteiger partial charge >= 0.3 is 6.18 Å². The highest BCUT2D eigenvalue weighted by Crippen LogP contribution is 2.36. The molecular weight excluding hydrogens is 677 g/mol. The molecule has 5 aromatic rings. The normalized spacial score (nSPS) is 16.4. The summed E-state index contributed by atoms with van der Waals surface area (Å²) < 4.78 is 45.8. The summed E-state index contributed by atoms with van der Waals surface area (Å²) in [6.45, 7) is 4.05. The number of rotatable bonds is 5. The van der Waals surface area contributed by atoms with Crippen molar-refractivity contribution in [3.63, 3.8) is 0 Å². The molecule has 240 valence electrons. The van der Waals surface area contributed by atoms with Crippen LogP contribution >= 0.6 is 15.9 Å². The van der Waals surface area contributed by atoms with Gasteiger partial charge in [0.15, 0.2) is 5.82 Å². The summed E-state index contributed by atoms with van der Waals surface area (Å²) in [5.41, 5.74) is 4.40. The average Bonchev–Trinajstić information content (AvgIpc) is 3.75. The van der Waals surface area contributed by atoms with Crippen LogP contribution in [0.5, 0.6) is 0 Å². The fraction of sp³-hybridized carbons (Fsp3) is 0.273. The van der Waals surface area contributed by atoms with Crippen LogP contribution < -0.4 is 5.56 Å². The maximum absolute atomic E-state index is 14.5. The van der Waals surface area contributed by atoms with Crippen LogP contribution in [0.3, 0.4) is 0 Å². The third-order valence-corrected chi connectivity index (χ3v) is 9.45. The van der Waals surface area contributed by atoms with Gasteiger partial charge in [0.25, 0.3) is 11.5 Å². The van der Waals surface area contributed by atoms with Gasteiger partial charge in [0.1, 0.15) is 5.65 Å². The van der Waals surface area contributed by atoms with Gasteiger partial charge in [-0.15, -0.1) is 0 Å². The summed E-state index contributed by atoms with van der Waals surface area (Å²) in [7, 11) is 1.80. The van der Waals surface area contributed by atoms with Crippen molar-refractivity contribution in [2.24, 2.45) is 17.3 Å². The largest absolute Gasteiger partial charge is 0.417 e. The van der Waals surface area contributed by atoms with E-state index in [0.29, 0.717) is 35.7 Å². The molecule has 0 bridgehead atoms. The molecule has 0 unspecified atom stereocenters. The van der Waals surface area contributed by atoms with E-state index in [1.807, 2.05) is 43.3 Å². The van der Waals surface area contributed by atoms with Gasteiger partial charge in [0.05, 0.1) is 41.9 Å². The quantitative estimate of drug-likeness (QED) is 0.212. The van der Waals surface area contributed by atoms with Gasteiger partial charge < -0.3 is 4.90 Å². The third-order valence-electron chi connectivity index (χ3n) is 8.75. The maximum atomic E-state index is 14.5. The van der Waals surface area contributed by atoms with Gasteiger partial charge in [-0.05, 0) is 44.0 Å².